The molecule has 0 aromatic carbocycles. The highest BCUT2D eigenvalue weighted by Gasteiger charge is 2.29. The van der Waals surface area contributed by atoms with Crippen molar-refractivity contribution >= 4 is 18.0 Å². The molecule has 0 rings (SSSR count). The van der Waals surface area contributed by atoms with Gasteiger partial charge in [-0.05, 0) is 59.8 Å². The molecular formula is C20H35NO6. The Hall–Kier alpha value is -2.31. The van der Waals surface area contributed by atoms with Gasteiger partial charge in [0.1, 0.15) is 5.60 Å². The van der Waals surface area contributed by atoms with Gasteiger partial charge in [0.2, 0.25) is 0 Å². The number of hydrogen-bond donors (Lipinski definition) is 1. The van der Waals surface area contributed by atoms with E-state index in [0.29, 0.717) is 24.4 Å². The summed E-state index contributed by atoms with van der Waals surface area (Å²) in [6, 6.07) is 0. The molecule has 0 radical (unpaired) electrons. The van der Waals surface area contributed by atoms with Gasteiger partial charge < -0.3 is 19.9 Å². The Balaban J connectivity index is 0. The molecule has 2 N–H and O–H groups in total. The number of carbonyl (C=O) groups excluding carboxylic acids is 3. The minimum atomic E-state index is -0.711. The Kier molecular flexibility index (Phi) is 13.8. The van der Waals surface area contributed by atoms with Gasteiger partial charge in [-0.1, -0.05) is 20.1 Å². The molecule has 0 heterocycles. The summed E-state index contributed by atoms with van der Waals surface area (Å²) in [6.45, 7) is 18.7. The molecule has 0 saturated heterocycles. The molecule has 0 saturated carbocycles. The molecule has 27 heavy (non-hydrogen) atoms. The molecule has 0 aliphatic heterocycles. The van der Waals surface area contributed by atoms with Crippen LogP contribution in [0.5, 0.6) is 0 Å². The van der Waals surface area contributed by atoms with Gasteiger partial charge in [-0.15, -0.1) is 0 Å². The van der Waals surface area contributed by atoms with Crippen LogP contribution in [0.15, 0.2) is 24.3 Å². The van der Waals surface area contributed by atoms with E-state index in [1.807, 2.05) is 20.8 Å². The summed E-state index contributed by atoms with van der Waals surface area (Å²) in [5, 5.41) is 0. The summed E-state index contributed by atoms with van der Waals surface area (Å²) >= 11 is 0. The Morgan fingerprint density at radius 2 is 1.52 bits per heavy atom. The van der Waals surface area contributed by atoms with Crippen molar-refractivity contribution in [1.29, 1.82) is 0 Å². The summed E-state index contributed by atoms with van der Waals surface area (Å²) in [7, 11) is 0. The van der Waals surface area contributed by atoms with Crippen LogP contribution in [0.3, 0.4) is 0 Å². The Bertz CT molecular complexity index is 525. The van der Waals surface area contributed by atoms with E-state index in [1.165, 1.54) is 0 Å². The van der Waals surface area contributed by atoms with Gasteiger partial charge in [-0.3, -0.25) is 0 Å². The molecule has 156 valence electrons. The third-order valence-electron chi connectivity index (χ3n) is 3.79. The predicted octanol–water partition coefficient (Wildman–Crippen LogP) is 3.91. The standard InChI is InChI=1S/C17H28O4.C3H7NO2/c1-12(2)15(18)20-11-9-8-10-14(5)17(6,7)21-16(19)13(3)4;1-2-6-3(4)5/h14H,1,3,8-11H2,2,4-7H3;2H2,1H3,(H2,4,5). The van der Waals surface area contributed by atoms with Crippen molar-refractivity contribution in [1.82, 2.24) is 0 Å². The second kappa shape index (κ2) is 13.8. The van der Waals surface area contributed by atoms with E-state index in [9.17, 15) is 14.4 Å². The fraction of sp³-hybridized carbons (Fsp3) is 0.650. The van der Waals surface area contributed by atoms with Crippen molar-refractivity contribution in [2.45, 2.75) is 66.4 Å². The number of unbranched alkanes of at least 4 members (excludes halogenated alkanes) is 1. The molecule has 0 aliphatic rings. The third-order valence-corrected chi connectivity index (χ3v) is 3.79. The Labute approximate surface area is 162 Å². The lowest BCUT2D eigenvalue weighted by Crippen LogP contribution is -2.35. The molecule has 7 nitrogen and oxygen atoms in total. The van der Waals surface area contributed by atoms with Crippen LogP contribution in [0.4, 0.5) is 4.79 Å². The lowest BCUT2D eigenvalue weighted by Gasteiger charge is -2.31. The van der Waals surface area contributed by atoms with E-state index < -0.39 is 11.7 Å². The van der Waals surface area contributed by atoms with Gasteiger partial charge in [-0.25, -0.2) is 14.4 Å². The summed E-state index contributed by atoms with van der Waals surface area (Å²) in [6.07, 6.45) is 1.87. The van der Waals surface area contributed by atoms with E-state index in [4.69, 9.17) is 9.47 Å². The van der Waals surface area contributed by atoms with Gasteiger partial charge in [0.05, 0.1) is 13.2 Å². The second-order valence-electron chi connectivity index (χ2n) is 6.84. The number of amides is 1. The maximum absolute atomic E-state index is 11.6. The highest BCUT2D eigenvalue weighted by Crippen LogP contribution is 2.26. The maximum Gasteiger partial charge on any atom is 0.404 e. The molecule has 0 fully saturated rings. The van der Waals surface area contributed by atoms with Crippen molar-refractivity contribution in [2.75, 3.05) is 13.2 Å². The molecule has 1 unspecified atom stereocenters. The Morgan fingerprint density at radius 1 is 1.00 bits per heavy atom. The first-order valence-corrected chi connectivity index (χ1v) is 8.98. The lowest BCUT2D eigenvalue weighted by molar-refractivity contribution is -0.156. The van der Waals surface area contributed by atoms with Gasteiger partial charge in [0.25, 0.3) is 0 Å². The molecule has 0 bridgehead atoms. The molecule has 0 aliphatic carbocycles. The summed E-state index contributed by atoms with van der Waals surface area (Å²) < 4.78 is 14.7. The number of nitrogens with two attached hydrogens (primary N) is 1. The van der Waals surface area contributed by atoms with Gasteiger partial charge in [0, 0.05) is 11.1 Å². The first-order chi connectivity index (χ1) is 12.3. The SMILES string of the molecule is C=C(C)C(=O)OCCCCC(C)C(C)(C)OC(=O)C(=C)C.CCOC(N)=O. The molecule has 1 atom stereocenters. The zero-order valence-corrected chi connectivity index (χ0v) is 17.6. The van der Waals surface area contributed by atoms with Crippen LogP contribution in [0.2, 0.25) is 0 Å². The van der Waals surface area contributed by atoms with Crippen LogP contribution in [0.1, 0.15) is 60.8 Å². The van der Waals surface area contributed by atoms with Gasteiger partial charge in [0.15, 0.2) is 0 Å². The van der Waals surface area contributed by atoms with Crippen LogP contribution in [0, 0.1) is 5.92 Å². The zero-order chi connectivity index (χ0) is 21.6. The second-order valence-corrected chi connectivity index (χ2v) is 6.84. The first kappa shape index (κ1) is 26.9. The summed E-state index contributed by atoms with van der Waals surface area (Å²) in [5.74, 6) is -0.501. The number of hydrogen-bond acceptors (Lipinski definition) is 6. The average molecular weight is 386 g/mol. The topological polar surface area (TPSA) is 105 Å². The zero-order valence-electron chi connectivity index (χ0n) is 17.6. The summed E-state index contributed by atoms with van der Waals surface area (Å²) in [5.41, 5.74) is 4.82. The third kappa shape index (κ3) is 14.5. The van der Waals surface area contributed by atoms with E-state index in [-0.39, 0.29) is 17.9 Å². The van der Waals surface area contributed by atoms with Crippen LogP contribution in [0.25, 0.3) is 0 Å². The number of rotatable bonds is 10. The molecule has 0 aromatic heterocycles. The Morgan fingerprint density at radius 3 is 1.89 bits per heavy atom. The monoisotopic (exact) mass is 385 g/mol. The van der Waals surface area contributed by atoms with Crippen molar-refractivity contribution in [2.24, 2.45) is 11.7 Å². The number of esters is 2. The van der Waals surface area contributed by atoms with Crippen molar-refractivity contribution in [3.63, 3.8) is 0 Å². The smallest absolute Gasteiger partial charge is 0.404 e. The van der Waals surface area contributed by atoms with Crippen LogP contribution in [-0.4, -0.2) is 36.8 Å². The highest BCUT2D eigenvalue weighted by molar-refractivity contribution is 5.87. The predicted molar refractivity (Wildman–Crippen MR) is 105 cm³/mol. The number of carbonyl (C=O) groups is 3. The normalized spacial score (nSPS) is 11.3. The van der Waals surface area contributed by atoms with Crippen molar-refractivity contribution in [3.05, 3.63) is 24.3 Å². The lowest BCUT2D eigenvalue weighted by atomic mass is 9.88. The minimum Gasteiger partial charge on any atom is -0.462 e. The van der Waals surface area contributed by atoms with E-state index in [0.717, 1.165) is 19.3 Å². The molecule has 1 amide bonds. The van der Waals surface area contributed by atoms with E-state index in [1.54, 1.807) is 20.8 Å². The minimum absolute atomic E-state index is 0.206. The molecule has 0 aromatic rings. The molecule has 0 spiro atoms. The van der Waals surface area contributed by atoms with Crippen molar-refractivity contribution in [3.8, 4) is 0 Å². The van der Waals surface area contributed by atoms with Crippen LogP contribution in [-0.2, 0) is 23.8 Å². The highest BCUT2D eigenvalue weighted by atomic mass is 16.6. The number of primary amides is 1. The summed E-state index contributed by atoms with van der Waals surface area (Å²) in [4.78, 5) is 32.4. The van der Waals surface area contributed by atoms with Crippen LogP contribution < -0.4 is 5.73 Å². The van der Waals surface area contributed by atoms with Gasteiger partial charge >= 0.3 is 18.0 Å². The molecule has 7 heteroatoms. The first-order valence-electron chi connectivity index (χ1n) is 8.98. The van der Waals surface area contributed by atoms with E-state index >= 15 is 0 Å². The van der Waals surface area contributed by atoms with Crippen LogP contribution >= 0.6 is 0 Å². The van der Waals surface area contributed by atoms with Crippen molar-refractivity contribution < 1.29 is 28.6 Å². The maximum atomic E-state index is 11.6. The fourth-order valence-corrected chi connectivity index (χ4v) is 1.76. The van der Waals surface area contributed by atoms with Gasteiger partial charge in [-0.2, -0.15) is 0 Å². The quantitative estimate of drug-likeness (QED) is 0.264. The average Bonchev–Trinajstić information content (AvgIpc) is 2.53. The van der Waals surface area contributed by atoms with E-state index in [2.05, 4.69) is 23.6 Å². The fourth-order valence-electron chi connectivity index (χ4n) is 1.76. The number of ether oxygens (including phenoxy) is 3. The largest absolute Gasteiger partial charge is 0.462 e. The molecular weight excluding hydrogens is 350 g/mol.